The Bertz CT molecular complexity index is 702. The van der Waals surface area contributed by atoms with Crippen molar-refractivity contribution >= 4 is 17.2 Å². The summed E-state index contributed by atoms with van der Waals surface area (Å²) in [5.41, 5.74) is 2.91. The van der Waals surface area contributed by atoms with Crippen LogP contribution in [0.5, 0.6) is 0 Å². The highest BCUT2D eigenvalue weighted by Crippen LogP contribution is 2.25. The third kappa shape index (κ3) is 2.55. The molecule has 0 unspecified atom stereocenters. The number of aryl methyl sites for hydroxylation is 1. The predicted molar refractivity (Wildman–Crippen MR) is 81.7 cm³/mol. The van der Waals surface area contributed by atoms with Gasteiger partial charge in [-0.15, -0.1) is 0 Å². The minimum Gasteiger partial charge on any atom is -0.370 e. The molecular formula is C14H15N5S. The molecule has 0 saturated carbocycles. The van der Waals surface area contributed by atoms with Crippen molar-refractivity contribution in [2.45, 2.75) is 6.92 Å². The van der Waals surface area contributed by atoms with Crippen molar-refractivity contribution in [1.82, 2.24) is 19.7 Å². The summed E-state index contributed by atoms with van der Waals surface area (Å²) in [5, 5.41) is 11.5. The highest BCUT2D eigenvalue weighted by molar-refractivity contribution is 7.08. The summed E-state index contributed by atoms with van der Waals surface area (Å²) in [6, 6.07) is 3.99. The topological polar surface area (TPSA) is 55.6 Å². The Kier molecular flexibility index (Phi) is 3.47. The van der Waals surface area contributed by atoms with Crippen LogP contribution in [0.4, 0.5) is 5.82 Å². The molecule has 0 aromatic carbocycles. The van der Waals surface area contributed by atoms with Crippen LogP contribution >= 0.6 is 11.3 Å². The standard InChI is InChI=1S/C14H15N5S/c1-3-15-13-6-12(11-7-16-19(2)8-11)17-14(18-13)10-4-5-20-9-10/h4-9H,3H2,1-2H3,(H,15,17,18). The van der Waals surface area contributed by atoms with Crippen LogP contribution in [0, 0.1) is 0 Å². The van der Waals surface area contributed by atoms with Crippen LogP contribution in [-0.4, -0.2) is 26.3 Å². The van der Waals surface area contributed by atoms with E-state index in [1.807, 2.05) is 37.0 Å². The maximum atomic E-state index is 4.64. The molecule has 3 aromatic rings. The Morgan fingerprint density at radius 3 is 2.85 bits per heavy atom. The lowest BCUT2D eigenvalue weighted by Gasteiger charge is -2.07. The molecule has 20 heavy (non-hydrogen) atoms. The molecule has 0 saturated heterocycles. The second-order valence-electron chi connectivity index (χ2n) is 4.41. The molecule has 0 fully saturated rings. The van der Waals surface area contributed by atoms with Gasteiger partial charge in [-0.25, -0.2) is 9.97 Å². The van der Waals surface area contributed by atoms with Crippen LogP contribution in [0.2, 0.25) is 0 Å². The molecule has 0 aliphatic heterocycles. The van der Waals surface area contributed by atoms with Gasteiger partial charge in [-0.3, -0.25) is 4.68 Å². The van der Waals surface area contributed by atoms with E-state index < -0.39 is 0 Å². The Morgan fingerprint density at radius 2 is 2.20 bits per heavy atom. The van der Waals surface area contributed by atoms with Crippen molar-refractivity contribution in [2.24, 2.45) is 7.05 Å². The fraction of sp³-hybridized carbons (Fsp3) is 0.214. The monoisotopic (exact) mass is 285 g/mol. The van der Waals surface area contributed by atoms with E-state index in [1.165, 1.54) is 0 Å². The summed E-state index contributed by atoms with van der Waals surface area (Å²) in [7, 11) is 1.90. The van der Waals surface area contributed by atoms with E-state index in [4.69, 9.17) is 0 Å². The molecule has 0 radical (unpaired) electrons. The normalized spacial score (nSPS) is 10.7. The van der Waals surface area contributed by atoms with Gasteiger partial charge in [-0.05, 0) is 18.4 Å². The number of thiophene rings is 1. The van der Waals surface area contributed by atoms with Crippen molar-refractivity contribution in [2.75, 3.05) is 11.9 Å². The Hall–Kier alpha value is -2.21. The Labute approximate surface area is 121 Å². The highest BCUT2D eigenvalue weighted by atomic mass is 32.1. The highest BCUT2D eigenvalue weighted by Gasteiger charge is 2.10. The molecule has 0 atom stereocenters. The molecule has 0 amide bonds. The molecule has 3 aromatic heterocycles. The first-order valence-electron chi connectivity index (χ1n) is 6.41. The van der Waals surface area contributed by atoms with Gasteiger partial charge in [0.2, 0.25) is 0 Å². The van der Waals surface area contributed by atoms with Crippen molar-refractivity contribution < 1.29 is 0 Å². The van der Waals surface area contributed by atoms with Gasteiger partial charge in [0.15, 0.2) is 5.82 Å². The van der Waals surface area contributed by atoms with Crippen LogP contribution in [0.25, 0.3) is 22.6 Å². The van der Waals surface area contributed by atoms with Gasteiger partial charge < -0.3 is 5.32 Å². The summed E-state index contributed by atoms with van der Waals surface area (Å²) < 4.78 is 1.77. The smallest absolute Gasteiger partial charge is 0.162 e. The summed E-state index contributed by atoms with van der Waals surface area (Å²) >= 11 is 1.64. The molecule has 5 nitrogen and oxygen atoms in total. The Morgan fingerprint density at radius 1 is 1.30 bits per heavy atom. The third-order valence-corrected chi connectivity index (χ3v) is 3.55. The number of aromatic nitrogens is 4. The zero-order chi connectivity index (χ0) is 13.9. The maximum Gasteiger partial charge on any atom is 0.162 e. The average Bonchev–Trinajstić information content (AvgIpc) is 3.09. The van der Waals surface area contributed by atoms with Crippen LogP contribution in [0.15, 0.2) is 35.3 Å². The lowest BCUT2D eigenvalue weighted by atomic mass is 10.2. The molecule has 3 rings (SSSR count). The maximum absolute atomic E-state index is 4.64. The van der Waals surface area contributed by atoms with Crippen molar-refractivity contribution in [3.63, 3.8) is 0 Å². The van der Waals surface area contributed by atoms with Gasteiger partial charge in [0.1, 0.15) is 5.82 Å². The molecule has 102 valence electrons. The largest absolute Gasteiger partial charge is 0.370 e. The van der Waals surface area contributed by atoms with Gasteiger partial charge in [0, 0.05) is 42.4 Å². The first kappa shape index (κ1) is 12.8. The van der Waals surface area contributed by atoms with Gasteiger partial charge in [0.25, 0.3) is 0 Å². The summed E-state index contributed by atoms with van der Waals surface area (Å²) in [6.07, 6.45) is 3.77. The molecule has 1 N–H and O–H groups in total. The SMILES string of the molecule is CCNc1cc(-c2cnn(C)c2)nc(-c2ccsc2)n1. The zero-order valence-electron chi connectivity index (χ0n) is 11.4. The molecule has 0 spiro atoms. The van der Waals surface area contributed by atoms with E-state index in [9.17, 15) is 0 Å². The first-order valence-corrected chi connectivity index (χ1v) is 7.35. The first-order chi connectivity index (χ1) is 9.76. The summed E-state index contributed by atoms with van der Waals surface area (Å²) in [6.45, 7) is 2.88. The van der Waals surface area contributed by atoms with E-state index in [-0.39, 0.29) is 0 Å². The van der Waals surface area contributed by atoms with E-state index in [0.29, 0.717) is 0 Å². The number of hydrogen-bond donors (Lipinski definition) is 1. The van der Waals surface area contributed by atoms with Crippen LogP contribution in [0.3, 0.4) is 0 Å². The van der Waals surface area contributed by atoms with E-state index >= 15 is 0 Å². The van der Waals surface area contributed by atoms with E-state index in [2.05, 4.69) is 32.7 Å². The molecule has 0 aliphatic carbocycles. The van der Waals surface area contributed by atoms with Gasteiger partial charge in [0.05, 0.1) is 11.9 Å². The van der Waals surface area contributed by atoms with Crippen LogP contribution < -0.4 is 5.32 Å². The fourth-order valence-electron chi connectivity index (χ4n) is 1.94. The number of nitrogens with zero attached hydrogens (tertiary/aromatic N) is 4. The lowest BCUT2D eigenvalue weighted by Crippen LogP contribution is -2.02. The lowest BCUT2D eigenvalue weighted by molar-refractivity contribution is 0.768. The quantitative estimate of drug-likeness (QED) is 0.800. The minimum absolute atomic E-state index is 0.739. The summed E-state index contributed by atoms with van der Waals surface area (Å²) in [5.74, 6) is 1.58. The minimum atomic E-state index is 0.739. The van der Waals surface area contributed by atoms with Crippen molar-refractivity contribution in [1.29, 1.82) is 0 Å². The Balaban J connectivity index is 2.09. The zero-order valence-corrected chi connectivity index (χ0v) is 12.2. The molecule has 0 aliphatic rings. The van der Waals surface area contributed by atoms with Crippen molar-refractivity contribution in [3.8, 4) is 22.6 Å². The number of hydrogen-bond acceptors (Lipinski definition) is 5. The van der Waals surface area contributed by atoms with Gasteiger partial charge in [-0.1, -0.05) is 0 Å². The van der Waals surface area contributed by atoms with Crippen LogP contribution in [0.1, 0.15) is 6.92 Å². The van der Waals surface area contributed by atoms with Gasteiger partial charge in [-0.2, -0.15) is 16.4 Å². The predicted octanol–water partition coefficient (Wildman–Crippen LogP) is 3.04. The van der Waals surface area contributed by atoms with Gasteiger partial charge >= 0.3 is 0 Å². The molecule has 0 bridgehead atoms. The van der Waals surface area contributed by atoms with Crippen LogP contribution in [-0.2, 0) is 7.05 Å². The number of anilines is 1. The number of rotatable bonds is 4. The summed E-state index contributed by atoms with van der Waals surface area (Å²) in [4.78, 5) is 9.20. The second kappa shape index (κ2) is 5.42. The molecular weight excluding hydrogens is 270 g/mol. The molecule has 3 heterocycles. The van der Waals surface area contributed by atoms with E-state index in [1.54, 1.807) is 16.0 Å². The average molecular weight is 285 g/mol. The third-order valence-electron chi connectivity index (χ3n) is 2.86. The number of nitrogens with one attached hydrogen (secondary N) is 1. The molecule has 6 heteroatoms. The van der Waals surface area contributed by atoms with E-state index in [0.717, 1.165) is 35.0 Å². The van der Waals surface area contributed by atoms with Crippen molar-refractivity contribution in [3.05, 3.63) is 35.3 Å². The second-order valence-corrected chi connectivity index (χ2v) is 5.19. The fourth-order valence-corrected chi connectivity index (χ4v) is 2.58.